The molecule has 0 amide bonds. The van der Waals surface area contributed by atoms with Gasteiger partial charge in [-0.05, 0) is 6.92 Å². The quantitative estimate of drug-likeness (QED) is 0.684. The number of terminal acetylenes is 1. The van der Waals surface area contributed by atoms with E-state index < -0.39 is 5.97 Å². The van der Waals surface area contributed by atoms with Crippen LogP contribution < -0.4 is 5.32 Å². The fraction of sp³-hybridized carbons (Fsp3) is 0.222. The van der Waals surface area contributed by atoms with Crippen LogP contribution in [0.2, 0.25) is 0 Å². The maximum atomic E-state index is 10.5. The monoisotopic (exact) mass is 191 g/mol. The van der Waals surface area contributed by atoms with E-state index >= 15 is 0 Å². The topological polar surface area (TPSA) is 75.1 Å². The Morgan fingerprint density at radius 1 is 1.64 bits per heavy atom. The molecule has 0 radical (unpaired) electrons. The number of nitrogens with zero attached hydrogens (tertiary/aromatic N) is 2. The van der Waals surface area contributed by atoms with Crippen molar-refractivity contribution in [3.8, 4) is 12.3 Å². The van der Waals surface area contributed by atoms with Crippen LogP contribution in [0, 0.1) is 12.3 Å². The van der Waals surface area contributed by atoms with Crippen molar-refractivity contribution in [3.63, 3.8) is 0 Å². The summed E-state index contributed by atoms with van der Waals surface area (Å²) in [5.74, 6) is 1.71. The van der Waals surface area contributed by atoms with Gasteiger partial charge in [0.2, 0.25) is 5.95 Å². The van der Waals surface area contributed by atoms with E-state index in [0.717, 1.165) is 0 Å². The highest BCUT2D eigenvalue weighted by Gasteiger charge is 2.04. The molecule has 0 aromatic carbocycles. The van der Waals surface area contributed by atoms with E-state index in [1.54, 1.807) is 6.92 Å². The predicted molar refractivity (Wildman–Crippen MR) is 50.9 cm³/mol. The number of hydrogen-bond acceptors (Lipinski definition) is 4. The second-order valence-corrected chi connectivity index (χ2v) is 2.63. The van der Waals surface area contributed by atoms with Gasteiger partial charge in [-0.15, -0.1) is 6.42 Å². The van der Waals surface area contributed by atoms with Gasteiger partial charge >= 0.3 is 5.97 Å². The van der Waals surface area contributed by atoms with Crippen LogP contribution in [0.1, 0.15) is 17.3 Å². The summed E-state index contributed by atoms with van der Waals surface area (Å²) >= 11 is 0. The van der Waals surface area contributed by atoms with Gasteiger partial charge in [0.1, 0.15) is 0 Å². The van der Waals surface area contributed by atoms with Gasteiger partial charge in [-0.1, -0.05) is 5.92 Å². The van der Waals surface area contributed by atoms with Gasteiger partial charge < -0.3 is 10.4 Å². The van der Waals surface area contributed by atoms with Crippen LogP contribution in [0.3, 0.4) is 0 Å². The first-order valence-corrected chi connectivity index (χ1v) is 3.91. The summed E-state index contributed by atoms with van der Waals surface area (Å²) in [6.45, 7) is 1.77. The molecule has 1 aromatic rings. The minimum absolute atomic E-state index is 0.0453. The van der Waals surface area contributed by atoms with Crippen LogP contribution >= 0.6 is 0 Å². The molecule has 1 aromatic heterocycles. The van der Waals surface area contributed by atoms with Crippen LogP contribution in [0.4, 0.5) is 5.95 Å². The summed E-state index contributed by atoms with van der Waals surface area (Å²) in [6.07, 6.45) is 7.58. The van der Waals surface area contributed by atoms with Gasteiger partial charge in [0, 0.05) is 12.4 Å². The van der Waals surface area contributed by atoms with E-state index in [-0.39, 0.29) is 11.6 Å². The molecule has 0 saturated carbocycles. The third-order valence-corrected chi connectivity index (χ3v) is 1.49. The molecule has 0 saturated heterocycles. The van der Waals surface area contributed by atoms with Crippen molar-refractivity contribution in [1.29, 1.82) is 0 Å². The first-order chi connectivity index (χ1) is 6.63. The van der Waals surface area contributed by atoms with Crippen molar-refractivity contribution in [2.24, 2.45) is 0 Å². The highest BCUT2D eigenvalue weighted by molar-refractivity contribution is 5.86. The molecule has 0 aliphatic carbocycles. The lowest BCUT2D eigenvalue weighted by Crippen LogP contribution is -2.14. The van der Waals surface area contributed by atoms with E-state index in [1.807, 2.05) is 0 Å². The number of carbonyl (C=O) groups is 1. The number of carboxylic acids is 1. The zero-order chi connectivity index (χ0) is 10.6. The third kappa shape index (κ3) is 2.45. The second kappa shape index (κ2) is 4.23. The number of aromatic carboxylic acids is 1. The Kier molecular flexibility index (Phi) is 3.02. The molecule has 0 aliphatic heterocycles. The molecule has 0 fully saturated rings. The van der Waals surface area contributed by atoms with Crippen molar-refractivity contribution >= 4 is 11.9 Å². The largest absolute Gasteiger partial charge is 0.478 e. The van der Waals surface area contributed by atoms with Crippen LogP contribution in [-0.2, 0) is 0 Å². The van der Waals surface area contributed by atoms with Crippen molar-refractivity contribution in [3.05, 3.63) is 18.0 Å². The van der Waals surface area contributed by atoms with E-state index in [9.17, 15) is 4.79 Å². The summed E-state index contributed by atoms with van der Waals surface area (Å²) in [4.78, 5) is 18.0. The first-order valence-electron chi connectivity index (χ1n) is 3.91. The molecule has 0 spiro atoms. The van der Waals surface area contributed by atoms with Gasteiger partial charge in [0.25, 0.3) is 0 Å². The van der Waals surface area contributed by atoms with Gasteiger partial charge in [-0.2, -0.15) is 0 Å². The molecule has 1 rings (SSSR count). The Hall–Kier alpha value is -2.09. The van der Waals surface area contributed by atoms with E-state index in [0.29, 0.717) is 5.95 Å². The van der Waals surface area contributed by atoms with Crippen molar-refractivity contribution in [2.45, 2.75) is 13.0 Å². The second-order valence-electron chi connectivity index (χ2n) is 2.63. The average Bonchev–Trinajstić information content (AvgIpc) is 2.18. The van der Waals surface area contributed by atoms with Crippen LogP contribution in [-0.4, -0.2) is 27.1 Å². The van der Waals surface area contributed by atoms with E-state index in [1.165, 1.54) is 12.4 Å². The minimum atomic E-state index is -1.05. The third-order valence-electron chi connectivity index (χ3n) is 1.49. The van der Waals surface area contributed by atoms with Gasteiger partial charge in [0.05, 0.1) is 11.6 Å². The predicted octanol–water partition coefficient (Wildman–Crippen LogP) is 0.608. The molecule has 2 N–H and O–H groups in total. The zero-order valence-electron chi connectivity index (χ0n) is 7.56. The first kappa shape index (κ1) is 9.99. The maximum absolute atomic E-state index is 10.5. The lowest BCUT2D eigenvalue weighted by molar-refractivity contribution is 0.0696. The summed E-state index contributed by atoms with van der Waals surface area (Å²) in [7, 11) is 0. The summed E-state index contributed by atoms with van der Waals surface area (Å²) in [6, 6.07) is -0.189. The number of hydrogen-bond donors (Lipinski definition) is 2. The number of carboxylic acid groups (broad SMARTS) is 1. The van der Waals surface area contributed by atoms with Gasteiger partial charge in [-0.25, -0.2) is 14.8 Å². The average molecular weight is 191 g/mol. The van der Waals surface area contributed by atoms with E-state index in [2.05, 4.69) is 21.2 Å². The highest BCUT2D eigenvalue weighted by Crippen LogP contribution is 2.01. The Morgan fingerprint density at radius 2 is 2.21 bits per heavy atom. The Balaban J connectivity index is 2.75. The fourth-order valence-corrected chi connectivity index (χ4v) is 0.748. The zero-order valence-corrected chi connectivity index (χ0v) is 7.56. The standard InChI is InChI=1S/C9H9N3O2/c1-3-6(2)12-9-10-4-7(5-11-9)8(13)14/h1,4-6H,2H3,(H,13,14)(H,10,11,12). The minimum Gasteiger partial charge on any atom is -0.478 e. The molecule has 1 atom stereocenters. The summed E-state index contributed by atoms with van der Waals surface area (Å²) in [5, 5.41) is 11.4. The molecular formula is C9H9N3O2. The lowest BCUT2D eigenvalue weighted by Gasteiger charge is -2.06. The molecule has 72 valence electrons. The van der Waals surface area contributed by atoms with Gasteiger partial charge in [-0.3, -0.25) is 0 Å². The number of aromatic nitrogens is 2. The van der Waals surface area contributed by atoms with E-state index in [4.69, 9.17) is 11.5 Å². The SMILES string of the molecule is C#CC(C)Nc1ncc(C(=O)O)cn1. The van der Waals surface area contributed by atoms with Crippen LogP contribution in [0.15, 0.2) is 12.4 Å². The Bertz CT molecular complexity index is 367. The summed E-state index contributed by atoms with van der Waals surface area (Å²) < 4.78 is 0. The molecule has 1 unspecified atom stereocenters. The van der Waals surface area contributed by atoms with Crippen LogP contribution in [0.5, 0.6) is 0 Å². The molecule has 1 heterocycles. The number of nitrogens with one attached hydrogen (secondary N) is 1. The normalized spacial score (nSPS) is 11.4. The van der Waals surface area contributed by atoms with Crippen molar-refractivity contribution < 1.29 is 9.90 Å². The molecular weight excluding hydrogens is 182 g/mol. The van der Waals surface area contributed by atoms with Crippen molar-refractivity contribution in [1.82, 2.24) is 9.97 Å². The number of anilines is 1. The molecule has 5 nitrogen and oxygen atoms in total. The molecule has 0 aliphatic rings. The molecule has 5 heteroatoms. The Morgan fingerprint density at radius 3 is 2.64 bits per heavy atom. The maximum Gasteiger partial charge on any atom is 0.338 e. The van der Waals surface area contributed by atoms with Crippen LogP contribution in [0.25, 0.3) is 0 Å². The summed E-state index contributed by atoms with van der Waals surface area (Å²) in [5.41, 5.74) is 0.0453. The fourth-order valence-electron chi connectivity index (χ4n) is 0.748. The molecule has 0 bridgehead atoms. The lowest BCUT2D eigenvalue weighted by atomic mass is 10.3. The highest BCUT2D eigenvalue weighted by atomic mass is 16.4. The number of rotatable bonds is 3. The van der Waals surface area contributed by atoms with Crippen molar-refractivity contribution in [2.75, 3.05) is 5.32 Å². The smallest absolute Gasteiger partial charge is 0.338 e. The molecule has 14 heavy (non-hydrogen) atoms. The Labute approximate surface area is 81.2 Å². The van der Waals surface area contributed by atoms with Gasteiger partial charge in [0.15, 0.2) is 0 Å².